The van der Waals surface area contributed by atoms with Crippen molar-refractivity contribution in [1.82, 2.24) is 0 Å². The molecular weight excluding hydrogens is 1620 g/mol. The molecule has 7 heterocycles. The van der Waals surface area contributed by atoms with Gasteiger partial charge in [0.1, 0.15) is 39.4 Å². The lowest BCUT2D eigenvalue weighted by atomic mass is 9.65. The Bertz CT molecular complexity index is 3610. The molecule has 0 aromatic rings. The number of ketones is 3. The third-order valence-corrected chi connectivity index (χ3v) is 23.6. The summed E-state index contributed by atoms with van der Waals surface area (Å²) in [6.45, 7) is 82.2. The van der Waals surface area contributed by atoms with Crippen molar-refractivity contribution in [2.75, 3.05) is 28.4 Å². The van der Waals surface area contributed by atoms with Crippen molar-refractivity contribution in [3.63, 3.8) is 0 Å². The second-order valence-corrected chi connectivity index (χ2v) is 41.2. The Morgan fingerprint density at radius 1 is 0.258 bits per heavy atom. The molecule has 7 aliphatic heterocycles. The van der Waals surface area contributed by atoms with Gasteiger partial charge in [0.2, 0.25) is 33.6 Å². The summed E-state index contributed by atoms with van der Waals surface area (Å²) in [5.41, 5.74) is -15.7. The highest BCUT2D eigenvalue weighted by Crippen LogP contribution is 2.49. The number of cyclic esters (lactones) is 8. The number of carbonyl (C=O) groups is 15. The van der Waals surface area contributed by atoms with E-state index in [4.69, 9.17) is 75.9 Å². The van der Waals surface area contributed by atoms with E-state index in [1.165, 1.54) is 112 Å². The number of carbonyl (C=O) groups excluding carboxylic acids is 17. The van der Waals surface area contributed by atoms with Crippen molar-refractivity contribution in [3.05, 3.63) is 0 Å². The van der Waals surface area contributed by atoms with Crippen molar-refractivity contribution < 1.29 is 162 Å². The summed E-state index contributed by atoms with van der Waals surface area (Å²) in [7, 11) is 5.92. The summed E-state index contributed by atoms with van der Waals surface area (Å²) in [5.74, 6) is -5.08. The van der Waals surface area contributed by atoms with Crippen LogP contribution in [0.1, 0.15) is 332 Å². The van der Waals surface area contributed by atoms with Gasteiger partial charge in [0.15, 0.2) is 22.8 Å². The summed E-state index contributed by atoms with van der Waals surface area (Å²) in [4.78, 5) is 184. The van der Waals surface area contributed by atoms with Gasteiger partial charge < -0.3 is 80.5 Å². The van der Waals surface area contributed by atoms with Crippen LogP contribution in [0.15, 0.2) is 0 Å². The van der Waals surface area contributed by atoms with Gasteiger partial charge >= 0.3 is 77.8 Å². The zero-order valence-corrected chi connectivity index (χ0v) is 84.9. The van der Waals surface area contributed by atoms with Gasteiger partial charge in [-0.1, -0.05) is 13.8 Å². The number of methoxy groups -OCH3 is 4. The van der Waals surface area contributed by atoms with Gasteiger partial charge in [-0.3, -0.25) is 33.6 Å². The first-order chi connectivity index (χ1) is 54.0. The quantitative estimate of drug-likeness (QED) is 0.0565. The molecule has 0 aromatic carbocycles. The van der Waals surface area contributed by atoms with Crippen molar-refractivity contribution in [1.29, 1.82) is 0 Å². The van der Waals surface area contributed by atoms with Crippen LogP contribution in [-0.2, 0) is 162 Å². The van der Waals surface area contributed by atoms with Crippen molar-refractivity contribution in [2.45, 2.75) is 433 Å². The summed E-state index contributed by atoms with van der Waals surface area (Å²) >= 11 is 0. The number of ether oxygens (including phenoxy) is 17. The Hall–Kier alpha value is -8.01. The van der Waals surface area contributed by atoms with Crippen molar-refractivity contribution in [3.8, 4) is 0 Å². The van der Waals surface area contributed by atoms with Gasteiger partial charge in [0, 0.05) is 40.8 Å². The lowest BCUT2D eigenvalue weighted by molar-refractivity contribution is -0.218. The zero-order valence-electron chi connectivity index (χ0n) is 84.9. The van der Waals surface area contributed by atoms with E-state index in [9.17, 15) is 71.9 Å². The van der Waals surface area contributed by atoms with Crippen LogP contribution in [0, 0.1) is 21.7 Å². The number of rotatable bonds is 17. The summed E-state index contributed by atoms with van der Waals surface area (Å²) in [5, 5.41) is 0. The van der Waals surface area contributed by atoms with Gasteiger partial charge in [0.05, 0.1) is 38.6 Å². The highest BCUT2D eigenvalue weighted by atomic mass is 16.7. The number of hydrogen-bond acceptors (Lipinski definition) is 34. The molecule has 0 aromatic heterocycles. The van der Waals surface area contributed by atoms with Crippen LogP contribution in [0.25, 0.3) is 0 Å². The normalized spacial score (nSPS) is 20.0. The van der Waals surface area contributed by atoms with E-state index >= 15 is 0 Å². The molecule has 720 valence electrons. The predicted octanol–water partition coefficient (Wildman–Crippen LogP) is 13.4. The minimum absolute atomic E-state index is 0.0556. The monoisotopic (exact) mass is 1780 g/mol. The minimum Gasteiger partial charge on any atom is -0.456 e. The molecule has 124 heavy (non-hydrogen) atoms. The Morgan fingerprint density at radius 3 is 0.532 bits per heavy atom. The van der Waals surface area contributed by atoms with E-state index < -0.39 is 160 Å². The Morgan fingerprint density at radius 2 is 0.419 bits per heavy atom. The second-order valence-electron chi connectivity index (χ2n) is 41.2. The fraction of sp³-hybridized carbons (Fsp3) is 0.822. The van der Waals surface area contributed by atoms with Crippen molar-refractivity contribution in [2.24, 2.45) is 21.7 Å². The molecule has 0 atom stereocenters. The van der Waals surface area contributed by atoms with E-state index in [-0.39, 0.29) is 57.8 Å². The average Bonchev–Trinajstić information content (AvgIpc) is 1.54. The molecule has 7 rings (SSSR count). The van der Waals surface area contributed by atoms with Gasteiger partial charge in [-0.2, -0.15) is 9.59 Å². The fourth-order valence-electron chi connectivity index (χ4n) is 7.14. The van der Waals surface area contributed by atoms with Crippen molar-refractivity contribution >= 4 is 95.1 Å². The Labute approximate surface area is 737 Å². The fourth-order valence-corrected chi connectivity index (χ4v) is 7.14. The highest BCUT2D eigenvalue weighted by Gasteiger charge is 2.60. The van der Waals surface area contributed by atoms with E-state index in [1.807, 2.05) is 0 Å². The molecule has 0 bridgehead atoms. The molecule has 7 saturated heterocycles. The number of Topliss-reactive ketones (excluding diaryl/α,β-unsaturated/α-hetero) is 3. The Balaban J connectivity index is -0.000000431. The summed E-state index contributed by atoms with van der Waals surface area (Å²) in [6, 6.07) is 0. The van der Waals surface area contributed by atoms with Gasteiger partial charge in [-0.05, 0) is 312 Å². The molecule has 0 saturated carbocycles. The number of epoxide rings is 4. The molecule has 0 radical (unpaired) electrons. The third-order valence-electron chi connectivity index (χ3n) is 23.6. The molecule has 0 unspecified atom stereocenters. The molecule has 34 nitrogen and oxygen atoms in total. The standard InChI is InChI=1S/C20H36O6.C13H24O5.2C8H12O4.C8H12O3.2C6H12O2.2C6H12O.2C4H6O2.CO2/c1-13(21)16(2,3)17(4,5)14(22)25-19(8,9)20(10,11)26-15(23)18(6,7)24-12;1-9(14)17-12(4,5)13(6,7)18-10(15)11(2,3)16-8;2*1-7(2)5(9)12-8(3,4)6(10)11-7;1-7(2)5(9)11-6(10)8(7,3)4;2*1-5(7)6(2,3)8-4;2*1-5(2)6(3,4)7-5;2*1-4(2)3(5)6-4;2-1-3/h1-12H3;1-8H3;2*1-4H3;1-4H3;2*1-4H3;2*1-4H3;2*1-2H3;. The molecule has 34 heteroatoms. The largest absolute Gasteiger partial charge is 0.456 e. The van der Waals surface area contributed by atoms with Crippen LogP contribution < -0.4 is 0 Å². The zero-order chi connectivity index (χ0) is 101. The van der Waals surface area contributed by atoms with E-state index in [2.05, 4.69) is 69.6 Å². The lowest BCUT2D eigenvalue weighted by Crippen LogP contribution is -2.56. The smallest absolute Gasteiger partial charge is 0.373 e. The summed E-state index contributed by atoms with van der Waals surface area (Å²) in [6.07, 6.45) is 0.250. The minimum atomic E-state index is -1.15. The maximum Gasteiger partial charge on any atom is 0.373 e. The first-order valence-electron chi connectivity index (χ1n) is 40.2. The molecule has 7 fully saturated rings. The van der Waals surface area contributed by atoms with Crippen LogP contribution in [0.3, 0.4) is 0 Å². The van der Waals surface area contributed by atoms with Crippen LogP contribution in [0.5, 0.6) is 0 Å². The van der Waals surface area contributed by atoms with E-state index in [1.54, 1.807) is 194 Å². The lowest BCUT2D eigenvalue weighted by Gasteiger charge is -2.45. The molecule has 0 N–H and O–H groups in total. The van der Waals surface area contributed by atoms with Gasteiger partial charge in [0.25, 0.3) is 0 Å². The van der Waals surface area contributed by atoms with E-state index in [0.717, 1.165) is 0 Å². The molecule has 7 aliphatic rings. The van der Waals surface area contributed by atoms with Gasteiger partial charge in [-0.25, -0.2) is 38.4 Å². The first-order valence-corrected chi connectivity index (χ1v) is 40.2. The molecule has 0 aliphatic carbocycles. The van der Waals surface area contributed by atoms with Crippen LogP contribution in [0.4, 0.5) is 0 Å². The van der Waals surface area contributed by atoms with Gasteiger partial charge in [-0.15, -0.1) is 0 Å². The van der Waals surface area contributed by atoms with Crippen LogP contribution in [-0.4, -0.2) is 224 Å². The molecule has 0 spiro atoms. The number of esters is 10. The number of hydrogen-bond donors (Lipinski definition) is 0. The molecular formula is C90H156O34. The maximum absolute atomic E-state index is 12.9. The Kier molecular flexibility index (Phi) is 42.9. The topological polar surface area (TPSA) is 460 Å². The maximum atomic E-state index is 12.9. The highest BCUT2D eigenvalue weighted by molar-refractivity contribution is 6.01. The average molecular weight is 1780 g/mol. The van der Waals surface area contributed by atoms with Crippen LogP contribution >= 0.6 is 0 Å². The SMILES string of the molecule is CC1(C)C(=O)OC(=O)C1(C)C.CC1(C)OC(=O)C(C)(C)OC1=O.CC1(C)OC(=O)C(C)(C)OC1=O.CC1(C)OC1(C)C.CC1(C)OC1(C)C.CC1(C)OC1=O.CC1(C)OC1=O.COC(C)(C)C(=O)OC(C)(C)C(C)(C)OC(=O)C(C)(C)C(C)(C)C(C)=O.COC(C)(C)C(=O)OC(C)(C)C(C)(C)OC(C)=O.COC(C)(C)C(C)=O.COC(C)(C)C(C)=O.O=C=O. The molecule has 0 amide bonds. The third kappa shape index (κ3) is 36.4. The van der Waals surface area contributed by atoms with E-state index in [0.29, 0.717) is 0 Å². The first kappa shape index (κ1) is 125. The van der Waals surface area contributed by atoms with Crippen LogP contribution in [0.2, 0.25) is 0 Å². The second kappa shape index (κ2) is 42.7. The summed E-state index contributed by atoms with van der Waals surface area (Å²) < 4.78 is 85.4. The predicted molar refractivity (Wildman–Crippen MR) is 453 cm³/mol.